The van der Waals surface area contributed by atoms with Crippen molar-refractivity contribution in [2.24, 2.45) is 5.73 Å². The number of halogens is 2. The normalized spacial score (nSPS) is 11.7. The Labute approximate surface area is 203 Å². The minimum atomic E-state index is -3.56. The van der Waals surface area contributed by atoms with Crippen LogP contribution in [0.2, 0.25) is 0 Å². The van der Waals surface area contributed by atoms with Gasteiger partial charge in [-0.15, -0.1) is 0 Å². The van der Waals surface area contributed by atoms with Crippen LogP contribution in [-0.2, 0) is 14.5 Å². The molecule has 0 radical (unpaired) electrons. The Morgan fingerprint density at radius 1 is 1.26 bits per heavy atom. The van der Waals surface area contributed by atoms with Gasteiger partial charge in [-0.2, -0.15) is 4.98 Å². The van der Waals surface area contributed by atoms with Crippen molar-refractivity contribution in [2.75, 3.05) is 22.4 Å². The van der Waals surface area contributed by atoms with Crippen LogP contribution in [0.1, 0.15) is 34.3 Å². The number of anilines is 1. The van der Waals surface area contributed by atoms with Gasteiger partial charge in [-0.25, -0.2) is 8.42 Å². The zero-order chi connectivity index (χ0) is 22.8. The molecule has 0 atom stereocenters. The third-order valence-corrected chi connectivity index (χ3v) is 7.36. The molecule has 7 nitrogen and oxygen atoms in total. The van der Waals surface area contributed by atoms with Gasteiger partial charge < -0.3 is 10.2 Å². The van der Waals surface area contributed by atoms with Crippen molar-refractivity contribution in [1.82, 2.24) is 4.98 Å². The number of furan rings is 1. The number of hydrogen-bond donors (Lipinski definition) is 1. The highest BCUT2D eigenvalue weighted by molar-refractivity contribution is 14.1. The van der Waals surface area contributed by atoms with Crippen LogP contribution in [0.3, 0.4) is 0 Å². The second-order valence-corrected chi connectivity index (χ2v) is 10.7. The number of carbonyl (C=O) groups is 1. The second kappa shape index (κ2) is 9.86. The first-order valence-electron chi connectivity index (χ1n) is 9.60. The molecule has 3 rings (SSSR count). The van der Waals surface area contributed by atoms with Crippen LogP contribution in [0.4, 0.5) is 5.82 Å². The van der Waals surface area contributed by atoms with Crippen LogP contribution >= 0.6 is 38.5 Å². The fraction of sp³-hybridized carbons (Fsp3) is 0.333. The number of aromatic nitrogens is 1. The lowest BCUT2D eigenvalue weighted by Gasteiger charge is -2.23. The van der Waals surface area contributed by atoms with E-state index in [0.29, 0.717) is 45.5 Å². The van der Waals surface area contributed by atoms with Gasteiger partial charge in [-0.1, -0.05) is 68.3 Å². The highest BCUT2D eigenvalue weighted by Crippen LogP contribution is 2.36. The molecule has 2 aromatic heterocycles. The molecule has 3 aromatic rings. The van der Waals surface area contributed by atoms with Crippen LogP contribution in [-0.4, -0.2) is 37.4 Å². The summed E-state index contributed by atoms with van der Waals surface area (Å²) in [6, 6.07) is 9.29. The van der Waals surface area contributed by atoms with E-state index in [-0.39, 0.29) is 11.3 Å². The lowest BCUT2D eigenvalue weighted by Crippen LogP contribution is -2.32. The number of rotatable bonds is 9. The summed E-state index contributed by atoms with van der Waals surface area (Å²) in [5, 5.41) is 1.27. The van der Waals surface area contributed by atoms with Crippen molar-refractivity contribution >= 4 is 71.4 Å². The van der Waals surface area contributed by atoms with Crippen molar-refractivity contribution in [3.63, 3.8) is 0 Å². The van der Waals surface area contributed by atoms with Gasteiger partial charge in [-0.3, -0.25) is 9.10 Å². The summed E-state index contributed by atoms with van der Waals surface area (Å²) in [6.45, 7) is 2.27. The first-order chi connectivity index (χ1) is 14.7. The van der Waals surface area contributed by atoms with E-state index in [0.717, 1.165) is 17.3 Å². The van der Waals surface area contributed by atoms with Gasteiger partial charge in [0, 0.05) is 27.4 Å². The predicted molar refractivity (Wildman–Crippen MR) is 136 cm³/mol. The molecule has 0 aliphatic carbocycles. The molecule has 166 valence electrons. The summed E-state index contributed by atoms with van der Waals surface area (Å²) >= 11 is 5.53. The molecule has 0 aliphatic rings. The maximum atomic E-state index is 12.5. The van der Waals surface area contributed by atoms with Gasteiger partial charge >= 0.3 is 0 Å². The van der Waals surface area contributed by atoms with E-state index in [2.05, 4.69) is 43.5 Å². The number of sulfonamides is 1. The molecule has 2 heterocycles. The number of alkyl halides is 2. The Balaban J connectivity index is 2.23. The van der Waals surface area contributed by atoms with Gasteiger partial charge in [0.15, 0.2) is 0 Å². The molecule has 0 saturated carbocycles. The summed E-state index contributed by atoms with van der Waals surface area (Å²) in [5.74, 6) is 0.0246. The smallest absolute Gasteiger partial charge is 0.253 e. The highest BCUT2D eigenvalue weighted by atomic mass is 127. The quantitative estimate of drug-likeness (QED) is 0.211. The zero-order valence-corrected chi connectivity index (χ0v) is 21.8. The molecule has 0 saturated heterocycles. The number of primary amides is 1. The minimum Gasteiger partial charge on any atom is -0.437 e. The van der Waals surface area contributed by atoms with Crippen molar-refractivity contribution < 1.29 is 17.6 Å². The number of hydrogen-bond acceptors (Lipinski definition) is 5. The van der Waals surface area contributed by atoms with E-state index in [1.165, 1.54) is 10.6 Å². The van der Waals surface area contributed by atoms with E-state index >= 15 is 0 Å². The van der Waals surface area contributed by atoms with E-state index < -0.39 is 15.9 Å². The molecule has 1 amide bonds. The van der Waals surface area contributed by atoms with Crippen molar-refractivity contribution in [3.05, 3.63) is 47.0 Å². The van der Waals surface area contributed by atoms with Crippen LogP contribution in [0, 0.1) is 6.92 Å². The van der Waals surface area contributed by atoms with Gasteiger partial charge in [0.1, 0.15) is 11.6 Å². The summed E-state index contributed by atoms with van der Waals surface area (Å²) in [6.07, 6.45) is 2.68. The third kappa shape index (κ3) is 5.23. The maximum Gasteiger partial charge on any atom is 0.253 e. The number of unbranched alkanes of at least 4 members (excludes halogenated alkanes) is 1. The van der Waals surface area contributed by atoms with Crippen molar-refractivity contribution in [1.29, 1.82) is 0 Å². The first kappa shape index (κ1) is 24.0. The second-order valence-electron chi connectivity index (χ2n) is 7.23. The number of fused-ring (bicyclic) bond motifs is 1. The monoisotopic (exact) mass is 619 g/mol. The molecule has 1 aromatic carbocycles. The van der Waals surface area contributed by atoms with Crippen LogP contribution in [0.5, 0.6) is 0 Å². The number of amides is 1. The largest absolute Gasteiger partial charge is 0.437 e. The summed E-state index contributed by atoms with van der Waals surface area (Å²) in [7, 11) is -3.56. The van der Waals surface area contributed by atoms with E-state index in [9.17, 15) is 13.2 Å². The maximum absolute atomic E-state index is 12.5. The predicted octanol–water partition coefficient (Wildman–Crippen LogP) is 4.78. The summed E-state index contributed by atoms with van der Waals surface area (Å²) in [5.41, 5.74) is 8.58. The molecule has 10 heteroatoms. The van der Waals surface area contributed by atoms with Crippen LogP contribution < -0.4 is 10.0 Å². The molecular formula is C21H23BrIN3O4S. The Morgan fingerprint density at radius 3 is 2.48 bits per heavy atom. The lowest BCUT2D eigenvalue weighted by atomic mass is 10.0. The summed E-state index contributed by atoms with van der Waals surface area (Å²) in [4.78, 5) is 16.9. The molecule has 0 aliphatic heterocycles. The van der Waals surface area contributed by atoms with Crippen molar-refractivity contribution in [2.45, 2.75) is 24.2 Å². The fourth-order valence-electron chi connectivity index (χ4n) is 3.30. The fourth-order valence-corrected chi connectivity index (χ4v) is 5.19. The number of aryl methyl sites for hydroxylation is 1. The van der Waals surface area contributed by atoms with Gasteiger partial charge in [-0.05, 0) is 25.8 Å². The van der Waals surface area contributed by atoms with Gasteiger partial charge in [0.25, 0.3) is 5.91 Å². The molecular weight excluding hydrogens is 597 g/mol. The summed E-state index contributed by atoms with van der Waals surface area (Å²) < 4.78 is 32.8. The van der Waals surface area contributed by atoms with E-state index in [1.807, 2.05) is 31.2 Å². The van der Waals surface area contributed by atoms with E-state index in [1.54, 1.807) is 6.07 Å². The lowest BCUT2D eigenvalue weighted by molar-refractivity contribution is 0.100. The first-order valence-corrected chi connectivity index (χ1v) is 14.1. The van der Waals surface area contributed by atoms with Crippen molar-refractivity contribution in [3.8, 4) is 11.3 Å². The number of benzene rings is 1. The minimum absolute atomic E-state index is 0.183. The van der Waals surface area contributed by atoms with Gasteiger partial charge in [0.05, 0.1) is 17.2 Å². The van der Waals surface area contributed by atoms with Gasteiger partial charge in [0.2, 0.25) is 15.7 Å². The Kier molecular flexibility index (Phi) is 7.63. The Hall–Kier alpha value is -1.66. The van der Waals surface area contributed by atoms with Crippen LogP contribution in [0.25, 0.3) is 22.4 Å². The average Bonchev–Trinajstić information content (AvgIpc) is 3.08. The molecule has 0 spiro atoms. The average molecular weight is 620 g/mol. The third-order valence-electron chi connectivity index (χ3n) is 4.82. The molecule has 0 unspecified atom stereocenters. The number of nitrogens with two attached hydrogens (primary N) is 1. The standard InChI is InChI=1S/C21H23BrIN3O4S/c1-13-5-7-14(8-6-13)18-17(19(24)27)16-11-15(12-23)20(25-21(16)30-18)26(31(2,28)29)10-4-3-9-22/h5-8,11H,3-4,9-10,12H2,1-2H3,(H2,24,27). The Bertz CT molecular complexity index is 1210. The van der Waals surface area contributed by atoms with E-state index in [4.69, 9.17) is 10.2 Å². The topological polar surface area (TPSA) is 106 Å². The zero-order valence-electron chi connectivity index (χ0n) is 17.2. The SMILES string of the molecule is Cc1ccc(-c2oc3nc(N(CCCCBr)S(C)(=O)=O)c(CI)cc3c2C(N)=O)cc1. The molecule has 31 heavy (non-hydrogen) atoms. The number of nitrogens with zero attached hydrogens (tertiary/aromatic N) is 2. The molecule has 0 bridgehead atoms. The van der Waals surface area contributed by atoms with Crippen LogP contribution in [0.15, 0.2) is 34.7 Å². The molecule has 0 fully saturated rings. The Morgan fingerprint density at radius 2 is 1.94 bits per heavy atom. The molecule has 2 N–H and O–H groups in total. The highest BCUT2D eigenvalue weighted by Gasteiger charge is 2.27. The number of carbonyl (C=O) groups excluding carboxylic acids is 1. The number of pyridine rings is 1.